The topological polar surface area (TPSA) is 82.5 Å². The molecule has 68 valence electrons. The van der Waals surface area contributed by atoms with Crippen molar-refractivity contribution in [2.24, 2.45) is 17.8 Å². The summed E-state index contributed by atoms with van der Waals surface area (Å²) in [4.78, 5) is 14.6. The van der Waals surface area contributed by atoms with Crippen LogP contribution in [0.3, 0.4) is 0 Å². The van der Waals surface area contributed by atoms with Crippen LogP contribution in [0.15, 0.2) is 17.4 Å². The molecule has 1 aromatic heterocycles. The van der Waals surface area contributed by atoms with Gasteiger partial charge in [-0.05, 0) is 0 Å². The fraction of sp³-hybridized carbons (Fsp3) is 0.286. The number of nitrogens with two attached hydrogens (primary N) is 1. The van der Waals surface area contributed by atoms with Crippen LogP contribution in [0.5, 0.6) is 0 Å². The zero-order chi connectivity index (χ0) is 9.42. The largest absolute Gasteiger partial charge is 0.446 e. The van der Waals surface area contributed by atoms with E-state index in [4.69, 9.17) is 10.5 Å². The number of carbonyl (C=O) groups is 1. The minimum absolute atomic E-state index is 0.0844. The molecule has 0 bridgehead atoms. The number of hydrogen-bond acceptors (Lipinski definition) is 4. The van der Waals surface area contributed by atoms with E-state index in [-0.39, 0.29) is 11.9 Å². The van der Waals surface area contributed by atoms with Crippen molar-refractivity contribution < 1.29 is 9.53 Å². The third-order valence-corrected chi connectivity index (χ3v) is 1.71. The van der Waals surface area contributed by atoms with Gasteiger partial charge in [-0.25, -0.2) is 0 Å². The molecule has 6 heteroatoms. The van der Waals surface area contributed by atoms with Gasteiger partial charge in [-0.3, -0.25) is 9.48 Å². The van der Waals surface area contributed by atoms with Crippen molar-refractivity contribution in [1.29, 1.82) is 0 Å². The van der Waals surface area contributed by atoms with Crippen molar-refractivity contribution in [2.45, 2.75) is 6.10 Å². The zero-order valence-corrected chi connectivity index (χ0v) is 6.97. The van der Waals surface area contributed by atoms with Crippen LogP contribution in [-0.2, 0) is 16.6 Å². The number of amides is 1. The summed E-state index contributed by atoms with van der Waals surface area (Å²) in [7, 11) is 1.76. The van der Waals surface area contributed by atoms with Crippen molar-refractivity contribution in [3.63, 3.8) is 0 Å². The van der Waals surface area contributed by atoms with Crippen LogP contribution in [0.25, 0.3) is 0 Å². The molecule has 0 fully saturated rings. The van der Waals surface area contributed by atoms with E-state index in [0.717, 1.165) is 0 Å². The van der Waals surface area contributed by atoms with Gasteiger partial charge in [0, 0.05) is 18.8 Å². The van der Waals surface area contributed by atoms with E-state index >= 15 is 0 Å². The molecule has 1 amide bonds. The summed E-state index contributed by atoms with van der Waals surface area (Å²) < 4.78 is 6.58. The molecule has 0 radical (unpaired) electrons. The Bertz CT molecular complexity index is 382. The first-order valence-corrected chi connectivity index (χ1v) is 3.70. The average molecular weight is 180 g/mol. The van der Waals surface area contributed by atoms with Crippen molar-refractivity contribution in [3.8, 4) is 0 Å². The lowest BCUT2D eigenvalue weighted by Crippen LogP contribution is -2.13. The Balaban J connectivity index is 2.25. The van der Waals surface area contributed by atoms with Gasteiger partial charge in [0.05, 0.1) is 6.20 Å². The van der Waals surface area contributed by atoms with Gasteiger partial charge >= 0.3 is 0 Å². The maximum absolute atomic E-state index is 11.2. The predicted octanol–water partition coefficient (Wildman–Crippen LogP) is -0.667. The number of nitrogens with zero attached hydrogens (tertiary/aromatic N) is 3. The summed E-state index contributed by atoms with van der Waals surface area (Å²) >= 11 is 0. The monoisotopic (exact) mass is 180 g/mol. The molecule has 1 aromatic rings. The number of ether oxygens (including phenoxy) is 1. The Hall–Kier alpha value is -1.85. The summed E-state index contributed by atoms with van der Waals surface area (Å²) in [5.74, 6) is -0.384. The summed E-state index contributed by atoms with van der Waals surface area (Å²) in [5, 5.41) is 3.91. The first-order chi connectivity index (χ1) is 6.16. The van der Waals surface area contributed by atoms with Gasteiger partial charge < -0.3 is 10.5 Å². The van der Waals surface area contributed by atoms with Crippen LogP contribution in [0.4, 0.5) is 0 Å². The Morgan fingerprint density at radius 3 is 2.92 bits per heavy atom. The molecule has 1 atom stereocenters. The number of aromatic nitrogens is 2. The molecule has 2 rings (SSSR count). The van der Waals surface area contributed by atoms with Crippen molar-refractivity contribution in [2.75, 3.05) is 0 Å². The van der Waals surface area contributed by atoms with E-state index in [1.807, 2.05) is 0 Å². The fourth-order valence-electron chi connectivity index (χ4n) is 1.15. The zero-order valence-electron chi connectivity index (χ0n) is 6.97. The van der Waals surface area contributed by atoms with Crippen LogP contribution < -0.4 is 5.73 Å². The highest BCUT2D eigenvalue weighted by Gasteiger charge is 2.30. The summed E-state index contributed by atoms with van der Waals surface area (Å²) in [6.07, 6.45) is 2.53. The van der Waals surface area contributed by atoms with Crippen molar-refractivity contribution in [3.05, 3.63) is 18.0 Å². The Morgan fingerprint density at radius 1 is 1.69 bits per heavy atom. The average Bonchev–Trinajstić information content (AvgIpc) is 2.58. The number of aryl methyl sites for hydroxylation is 1. The standard InChI is InChI=1S/C7H8N4O2/c1-11-3-4(2-9-11)5-6(12)10-7(8)13-5/h2-3,5H,1H3,(H2,8,10,12). The van der Waals surface area contributed by atoms with Gasteiger partial charge in [0.2, 0.25) is 6.10 Å². The molecule has 1 unspecified atom stereocenters. The minimum Gasteiger partial charge on any atom is -0.446 e. The van der Waals surface area contributed by atoms with Gasteiger partial charge in [0.25, 0.3) is 11.9 Å². The Kier molecular flexibility index (Phi) is 1.54. The second kappa shape index (κ2) is 2.58. The van der Waals surface area contributed by atoms with Gasteiger partial charge in [0.1, 0.15) is 0 Å². The maximum Gasteiger partial charge on any atom is 0.296 e. The van der Waals surface area contributed by atoms with Gasteiger partial charge in [-0.2, -0.15) is 10.1 Å². The van der Waals surface area contributed by atoms with Crippen LogP contribution >= 0.6 is 0 Å². The number of rotatable bonds is 1. The van der Waals surface area contributed by atoms with Gasteiger partial charge in [-0.1, -0.05) is 0 Å². The number of carbonyl (C=O) groups excluding carboxylic acids is 1. The molecule has 2 N–H and O–H groups in total. The van der Waals surface area contributed by atoms with Crippen LogP contribution in [0.2, 0.25) is 0 Å². The molecule has 0 spiro atoms. The second-order valence-corrected chi connectivity index (χ2v) is 2.73. The van der Waals surface area contributed by atoms with E-state index < -0.39 is 6.10 Å². The summed E-state index contributed by atoms with van der Waals surface area (Å²) in [6.45, 7) is 0. The SMILES string of the molecule is Cn1cc(C2OC(N)=NC2=O)cn1. The lowest BCUT2D eigenvalue weighted by molar-refractivity contribution is -0.122. The van der Waals surface area contributed by atoms with Crippen LogP contribution in [0, 0.1) is 0 Å². The van der Waals surface area contributed by atoms with Crippen molar-refractivity contribution in [1.82, 2.24) is 9.78 Å². The molecule has 0 aromatic carbocycles. The predicted molar refractivity (Wildman–Crippen MR) is 43.7 cm³/mol. The number of aliphatic imine (C=N–C) groups is 1. The van der Waals surface area contributed by atoms with E-state index in [1.54, 1.807) is 24.1 Å². The van der Waals surface area contributed by atoms with E-state index in [1.165, 1.54) is 0 Å². The quantitative estimate of drug-likeness (QED) is 0.621. The first kappa shape index (κ1) is 7.78. The molecule has 0 saturated heterocycles. The van der Waals surface area contributed by atoms with E-state index in [2.05, 4.69) is 10.1 Å². The molecular weight excluding hydrogens is 172 g/mol. The molecule has 6 nitrogen and oxygen atoms in total. The van der Waals surface area contributed by atoms with Gasteiger partial charge in [0.15, 0.2) is 0 Å². The van der Waals surface area contributed by atoms with Crippen molar-refractivity contribution >= 4 is 11.9 Å². The molecule has 1 aliphatic heterocycles. The van der Waals surface area contributed by atoms with E-state index in [9.17, 15) is 4.79 Å². The Labute approximate surface area is 74.0 Å². The van der Waals surface area contributed by atoms with E-state index in [0.29, 0.717) is 5.56 Å². The second-order valence-electron chi connectivity index (χ2n) is 2.73. The molecule has 1 aliphatic rings. The highest BCUT2D eigenvalue weighted by Crippen LogP contribution is 2.22. The molecule has 2 heterocycles. The molecule has 13 heavy (non-hydrogen) atoms. The third kappa shape index (κ3) is 1.26. The van der Waals surface area contributed by atoms with Crippen LogP contribution in [0.1, 0.15) is 11.7 Å². The number of hydrogen-bond donors (Lipinski definition) is 1. The lowest BCUT2D eigenvalue weighted by atomic mass is 10.2. The Morgan fingerprint density at radius 2 is 2.46 bits per heavy atom. The smallest absolute Gasteiger partial charge is 0.296 e. The van der Waals surface area contributed by atoms with Crippen LogP contribution in [-0.4, -0.2) is 21.7 Å². The third-order valence-electron chi connectivity index (χ3n) is 1.71. The minimum atomic E-state index is -0.714. The van der Waals surface area contributed by atoms with Gasteiger partial charge in [-0.15, -0.1) is 0 Å². The number of amidine groups is 1. The summed E-state index contributed by atoms with van der Waals surface area (Å²) in [5.41, 5.74) is 5.90. The summed E-state index contributed by atoms with van der Waals surface area (Å²) in [6, 6.07) is -0.0844. The highest BCUT2D eigenvalue weighted by atomic mass is 16.5. The lowest BCUT2D eigenvalue weighted by Gasteiger charge is -2.03. The highest BCUT2D eigenvalue weighted by molar-refractivity contribution is 5.98. The fourth-order valence-corrected chi connectivity index (χ4v) is 1.15. The first-order valence-electron chi connectivity index (χ1n) is 3.70. The normalized spacial score (nSPS) is 21.5. The maximum atomic E-state index is 11.2. The molecule has 0 saturated carbocycles. The molecular formula is C7H8N4O2. The molecule has 0 aliphatic carbocycles.